The molecule has 60 heavy (non-hydrogen) atoms. The first-order valence-electron chi connectivity index (χ1n) is 24.2. The van der Waals surface area contributed by atoms with E-state index in [1.165, 1.54) is 141 Å². The van der Waals surface area contributed by atoms with Crippen molar-refractivity contribution in [3.8, 4) is 0 Å². The van der Waals surface area contributed by atoms with Gasteiger partial charge in [-0.3, -0.25) is 13.8 Å². The van der Waals surface area contributed by atoms with E-state index in [-0.39, 0.29) is 13.0 Å². The Bertz CT molecular complexity index is 1090. The smallest absolute Gasteiger partial charge is 0.472 e. The van der Waals surface area contributed by atoms with Gasteiger partial charge in [0.05, 0.1) is 12.9 Å². The van der Waals surface area contributed by atoms with Gasteiger partial charge >= 0.3 is 13.8 Å². The van der Waals surface area contributed by atoms with Crippen LogP contribution in [0.25, 0.3) is 0 Å². The fourth-order valence-corrected chi connectivity index (χ4v) is 8.47. The van der Waals surface area contributed by atoms with Crippen molar-refractivity contribution >= 4 is 13.8 Å². The van der Waals surface area contributed by atoms with Crippen molar-refractivity contribution in [3.63, 3.8) is 0 Å². The minimum Gasteiger partial charge on any atom is -0.498 e. The van der Waals surface area contributed by atoms with E-state index in [1.54, 1.807) is 0 Å². The molecule has 1 fully saturated rings. The average Bonchev–Trinajstić information content (AvgIpc) is 3.23. The van der Waals surface area contributed by atoms with Crippen LogP contribution in [0.4, 0.5) is 0 Å². The summed E-state index contributed by atoms with van der Waals surface area (Å²) in [5, 5.41) is 50.2. The number of unbranched alkanes of at least 4 members (excludes halogenated alkanes) is 27. The molecule has 0 radical (unpaired) electrons. The zero-order chi connectivity index (χ0) is 44.1. The lowest BCUT2D eigenvalue weighted by atomic mass is 9.85. The zero-order valence-electron chi connectivity index (χ0n) is 37.8. The number of ether oxygens (including phenoxy) is 2. The Morgan fingerprint density at radius 2 is 0.883 bits per heavy atom. The third kappa shape index (κ3) is 29.9. The van der Waals surface area contributed by atoms with Gasteiger partial charge < -0.3 is 39.9 Å². The largest absolute Gasteiger partial charge is 0.498 e. The van der Waals surface area contributed by atoms with Crippen LogP contribution in [0.1, 0.15) is 213 Å². The molecule has 1 rings (SSSR count). The second-order valence-electron chi connectivity index (χ2n) is 17.0. The van der Waals surface area contributed by atoms with Crippen molar-refractivity contribution < 1.29 is 58.3 Å². The van der Waals surface area contributed by atoms with Crippen LogP contribution in [0, 0.1) is 0 Å². The van der Waals surface area contributed by atoms with E-state index in [9.17, 15) is 39.8 Å². The van der Waals surface area contributed by atoms with Gasteiger partial charge in [-0.1, -0.05) is 174 Å². The van der Waals surface area contributed by atoms with Crippen LogP contribution in [0.15, 0.2) is 24.5 Å². The average molecular weight is 877 g/mol. The lowest BCUT2D eigenvalue weighted by molar-refractivity contribution is -0.220. The van der Waals surface area contributed by atoms with E-state index in [0.717, 1.165) is 51.4 Å². The molecule has 0 amide bonds. The Morgan fingerprint density at radius 3 is 1.32 bits per heavy atom. The van der Waals surface area contributed by atoms with Gasteiger partial charge in [-0.15, -0.1) is 0 Å². The number of phosphoric ester groups is 1. The van der Waals surface area contributed by atoms with Crippen LogP contribution >= 0.6 is 7.82 Å². The number of esters is 1. The summed E-state index contributed by atoms with van der Waals surface area (Å²) in [7, 11) is -5.03. The van der Waals surface area contributed by atoms with Gasteiger partial charge in [0.1, 0.15) is 43.2 Å². The molecular formula is C47H89O12P. The highest BCUT2D eigenvalue weighted by atomic mass is 31.2. The summed E-state index contributed by atoms with van der Waals surface area (Å²) in [4.78, 5) is 23.2. The zero-order valence-corrected chi connectivity index (χ0v) is 38.7. The van der Waals surface area contributed by atoms with Crippen molar-refractivity contribution in [2.45, 2.75) is 256 Å². The van der Waals surface area contributed by atoms with Crippen molar-refractivity contribution in [2.24, 2.45) is 0 Å². The number of carbonyl (C=O) groups is 1. The first kappa shape index (κ1) is 56.7. The van der Waals surface area contributed by atoms with Crippen LogP contribution in [-0.4, -0.2) is 92.3 Å². The SMILES string of the molecule is CCCCCCCC/C=C\CCCCCCCCCC(=O)O[C@H](CO/C=C\CCCCCCCCCCCCCCCC)COP(=O)(O)OC1C(O)C(O)C(O)[C@@H](O)C1O. The molecule has 354 valence electrons. The Kier molecular flexibility index (Phi) is 36.0. The minimum absolute atomic E-state index is 0.159. The number of phosphoric acid groups is 1. The molecule has 1 aliphatic rings. The number of hydrogen-bond acceptors (Lipinski definition) is 11. The maximum absolute atomic E-state index is 12.8. The predicted octanol–water partition coefficient (Wildman–Crippen LogP) is 10.4. The molecule has 12 nitrogen and oxygen atoms in total. The molecule has 13 heteroatoms. The van der Waals surface area contributed by atoms with Gasteiger partial charge in [-0.25, -0.2) is 4.57 Å². The van der Waals surface area contributed by atoms with Gasteiger partial charge in [-0.2, -0.15) is 0 Å². The Morgan fingerprint density at radius 1 is 0.517 bits per heavy atom. The second kappa shape index (κ2) is 38.1. The Hall–Kier alpha value is -1.34. The highest BCUT2D eigenvalue weighted by molar-refractivity contribution is 7.47. The summed E-state index contributed by atoms with van der Waals surface area (Å²) < 4.78 is 34.0. The van der Waals surface area contributed by atoms with E-state index in [4.69, 9.17) is 18.5 Å². The van der Waals surface area contributed by atoms with Crippen LogP contribution in [0.2, 0.25) is 0 Å². The fraction of sp³-hybridized carbons (Fsp3) is 0.894. The van der Waals surface area contributed by atoms with Crippen molar-refractivity contribution in [1.82, 2.24) is 0 Å². The molecule has 6 N–H and O–H groups in total. The van der Waals surface area contributed by atoms with Crippen molar-refractivity contribution in [3.05, 3.63) is 24.5 Å². The predicted molar refractivity (Wildman–Crippen MR) is 239 cm³/mol. The van der Waals surface area contributed by atoms with E-state index in [0.29, 0.717) is 6.42 Å². The molecule has 0 aromatic heterocycles. The molecular weight excluding hydrogens is 787 g/mol. The molecule has 0 heterocycles. The van der Waals surface area contributed by atoms with E-state index in [2.05, 4.69) is 26.0 Å². The number of allylic oxidation sites excluding steroid dienone is 3. The highest BCUT2D eigenvalue weighted by Crippen LogP contribution is 2.47. The maximum atomic E-state index is 12.8. The number of hydrogen-bond donors (Lipinski definition) is 6. The van der Waals surface area contributed by atoms with Gasteiger partial charge in [-0.05, 0) is 51.0 Å². The summed E-state index contributed by atoms with van der Waals surface area (Å²) in [6.07, 6.45) is 31.8. The summed E-state index contributed by atoms with van der Waals surface area (Å²) in [6, 6.07) is 0. The topological polar surface area (TPSA) is 192 Å². The van der Waals surface area contributed by atoms with Gasteiger partial charge in [0.2, 0.25) is 0 Å². The maximum Gasteiger partial charge on any atom is 0.472 e. The summed E-state index contributed by atoms with van der Waals surface area (Å²) >= 11 is 0. The van der Waals surface area contributed by atoms with Gasteiger partial charge in [0, 0.05) is 6.42 Å². The van der Waals surface area contributed by atoms with E-state index >= 15 is 0 Å². The van der Waals surface area contributed by atoms with Crippen LogP contribution in [-0.2, 0) is 27.9 Å². The molecule has 0 aromatic rings. The number of carbonyl (C=O) groups excluding carboxylic acids is 1. The molecule has 1 saturated carbocycles. The standard InChI is InChI=1S/C47H89O12P/c1-3-5-7-9-11-13-15-17-19-21-22-24-26-28-30-32-34-36-41(48)58-40(39-57-60(54,55)59-47-45(52)43(50)42(49)44(51)46(47)53)38-56-37-35-33-31-29-27-25-23-20-18-16-14-12-10-8-6-4-2/h17,19,35,37,40,42-47,49-53H,3-16,18,20-34,36,38-39H2,1-2H3,(H,54,55)/b19-17-,37-35-/t40-,42?,43-,44?,45?,46?,47?/m1/s1. The van der Waals surface area contributed by atoms with Crippen molar-refractivity contribution in [2.75, 3.05) is 13.2 Å². The first-order chi connectivity index (χ1) is 29.0. The lowest BCUT2D eigenvalue weighted by Crippen LogP contribution is -2.64. The van der Waals surface area contributed by atoms with Gasteiger partial charge in [0.25, 0.3) is 0 Å². The quantitative estimate of drug-likeness (QED) is 0.0112. The monoisotopic (exact) mass is 877 g/mol. The lowest BCUT2D eigenvalue weighted by Gasteiger charge is -2.41. The Balaban J connectivity index is 2.40. The highest BCUT2D eigenvalue weighted by Gasteiger charge is 2.51. The fourth-order valence-electron chi connectivity index (χ4n) is 7.49. The molecule has 8 atom stereocenters. The number of aliphatic hydroxyl groups excluding tert-OH is 5. The molecule has 0 aliphatic heterocycles. The summed E-state index contributed by atoms with van der Waals surface area (Å²) in [5.41, 5.74) is 0. The van der Waals surface area contributed by atoms with Crippen molar-refractivity contribution in [1.29, 1.82) is 0 Å². The van der Waals surface area contributed by atoms with Crippen LogP contribution in [0.3, 0.4) is 0 Å². The third-order valence-electron chi connectivity index (χ3n) is 11.4. The third-order valence-corrected chi connectivity index (χ3v) is 12.4. The number of aliphatic hydroxyl groups is 5. The normalized spacial score (nSPS) is 22.4. The van der Waals surface area contributed by atoms with E-state index < -0.39 is 63.1 Å². The molecule has 0 bridgehead atoms. The second-order valence-corrected chi connectivity index (χ2v) is 18.4. The minimum atomic E-state index is -5.03. The van der Waals surface area contributed by atoms with Crippen LogP contribution in [0.5, 0.6) is 0 Å². The van der Waals surface area contributed by atoms with Crippen LogP contribution < -0.4 is 0 Å². The molecule has 1 aliphatic carbocycles. The Labute approximate surface area is 364 Å². The summed E-state index contributed by atoms with van der Waals surface area (Å²) in [6.45, 7) is 3.73. The van der Waals surface area contributed by atoms with E-state index in [1.807, 2.05) is 6.08 Å². The molecule has 0 spiro atoms. The number of rotatable bonds is 41. The molecule has 0 saturated heterocycles. The van der Waals surface area contributed by atoms with Gasteiger partial charge in [0.15, 0.2) is 6.10 Å². The summed E-state index contributed by atoms with van der Waals surface area (Å²) in [5.74, 6) is -0.501. The molecule has 6 unspecified atom stereocenters. The molecule has 0 aromatic carbocycles. The first-order valence-corrected chi connectivity index (χ1v) is 25.7.